The Morgan fingerprint density at radius 3 is 2.32 bits per heavy atom. The van der Waals surface area contributed by atoms with Crippen LogP contribution in [-0.4, -0.2) is 40.5 Å². The maximum atomic E-state index is 13.9. The highest BCUT2D eigenvalue weighted by Gasteiger charge is 2.40. The highest BCUT2D eigenvalue weighted by molar-refractivity contribution is 6.34. The summed E-state index contributed by atoms with van der Waals surface area (Å²) in [4.78, 5) is 41.4. The molecule has 2 rings (SSSR count). The standard InChI is InChI=1S/C29H38ClN3O4/c1-9-20-14-12-15-21(17-20)25(26(35)32-24-19(3)13-11-16-22(24)30)33(29(7,8)10-2)23(34)18-31-27(36)37-28(4,5)6/h9,11-17,25H,1,10,18H2,2-8H3,(H,31,36)(H,32,35). The van der Waals surface area contributed by atoms with Crippen molar-refractivity contribution >= 4 is 41.3 Å². The van der Waals surface area contributed by atoms with Gasteiger partial charge in [-0.2, -0.15) is 0 Å². The van der Waals surface area contributed by atoms with E-state index in [0.717, 1.165) is 11.1 Å². The summed E-state index contributed by atoms with van der Waals surface area (Å²) in [5.74, 6) is -0.859. The Hall–Kier alpha value is -3.32. The SMILES string of the molecule is C=Cc1cccc(C(C(=O)Nc2c(C)cccc2Cl)N(C(=O)CNC(=O)OC(C)(C)C)C(C)(C)CC)c1. The second-order valence-corrected chi connectivity index (χ2v) is 10.9. The van der Waals surface area contributed by atoms with E-state index in [2.05, 4.69) is 17.2 Å². The molecular formula is C29H38ClN3O4. The topological polar surface area (TPSA) is 87.7 Å². The lowest BCUT2D eigenvalue weighted by molar-refractivity contribution is -0.145. The minimum absolute atomic E-state index is 0.339. The Bertz CT molecular complexity index is 1130. The maximum absolute atomic E-state index is 13.9. The molecule has 0 spiro atoms. The molecule has 0 aromatic heterocycles. The summed E-state index contributed by atoms with van der Waals surface area (Å²) >= 11 is 6.40. The first-order chi connectivity index (χ1) is 17.2. The van der Waals surface area contributed by atoms with E-state index in [1.807, 2.05) is 52.0 Å². The van der Waals surface area contributed by atoms with Crippen molar-refractivity contribution in [1.82, 2.24) is 10.2 Å². The van der Waals surface area contributed by atoms with E-state index in [1.165, 1.54) is 4.90 Å². The summed E-state index contributed by atoms with van der Waals surface area (Å²) in [6, 6.07) is 11.6. The molecule has 8 heteroatoms. The largest absolute Gasteiger partial charge is 0.444 e. The van der Waals surface area contributed by atoms with Crippen LogP contribution >= 0.6 is 11.6 Å². The fourth-order valence-electron chi connectivity index (χ4n) is 3.80. The third kappa shape index (κ3) is 8.09. The van der Waals surface area contributed by atoms with E-state index in [0.29, 0.717) is 22.7 Å². The maximum Gasteiger partial charge on any atom is 0.408 e. The van der Waals surface area contributed by atoms with Crippen LogP contribution in [-0.2, 0) is 14.3 Å². The molecule has 0 aliphatic rings. The lowest BCUT2D eigenvalue weighted by Gasteiger charge is -2.43. The van der Waals surface area contributed by atoms with Gasteiger partial charge in [0.15, 0.2) is 0 Å². The van der Waals surface area contributed by atoms with Crippen molar-refractivity contribution in [3.63, 3.8) is 0 Å². The average Bonchev–Trinajstić information content (AvgIpc) is 2.82. The Balaban J connectivity index is 2.55. The first kappa shape index (κ1) is 29.9. The van der Waals surface area contributed by atoms with Gasteiger partial charge in [-0.15, -0.1) is 0 Å². The Labute approximate surface area is 225 Å². The Morgan fingerprint density at radius 1 is 1.11 bits per heavy atom. The van der Waals surface area contributed by atoms with Gasteiger partial charge in [0, 0.05) is 5.54 Å². The fourth-order valence-corrected chi connectivity index (χ4v) is 4.07. The van der Waals surface area contributed by atoms with Crippen LogP contribution in [0, 0.1) is 6.92 Å². The van der Waals surface area contributed by atoms with Gasteiger partial charge >= 0.3 is 6.09 Å². The van der Waals surface area contributed by atoms with Crippen LogP contribution in [0.15, 0.2) is 49.0 Å². The zero-order valence-electron chi connectivity index (χ0n) is 22.8. The molecule has 0 fully saturated rings. The normalized spacial score (nSPS) is 12.3. The third-order valence-electron chi connectivity index (χ3n) is 6.01. The molecule has 0 aliphatic carbocycles. The molecule has 0 radical (unpaired) electrons. The van der Waals surface area contributed by atoms with Crippen molar-refractivity contribution in [3.05, 3.63) is 70.8 Å². The molecule has 0 heterocycles. The number of rotatable bonds is 9. The highest BCUT2D eigenvalue weighted by Crippen LogP contribution is 2.34. The van der Waals surface area contributed by atoms with Crippen LogP contribution in [0.2, 0.25) is 5.02 Å². The van der Waals surface area contributed by atoms with Gasteiger partial charge in [-0.1, -0.05) is 61.5 Å². The van der Waals surface area contributed by atoms with E-state index in [4.69, 9.17) is 16.3 Å². The number of hydrogen-bond donors (Lipinski definition) is 2. The van der Waals surface area contributed by atoms with Crippen LogP contribution in [0.25, 0.3) is 6.08 Å². The van der Waals surface area contributed by atoms with Gasteiger partial charge in [-0.25, -0.2) is 4.79 Å². The van der Waals surface area contributed by atoms with Gasteiger partial charge in [-0.3, -0.25) is 9.59 Å². The van der Waals surface area contributed by atoms with E-state index in [-0.39, 0.29) is 6.54 Å². The molecule has 2 aromatic rings. The smallest absolute Gasteiger partial charge is 0.408 e. The van der Waals surface area contributed by atoms with Crippen LogP contribution in [0.3, 0.4) is 0 Å². The molecule has 7 nitrogen and oxygen atoms in total. The van der Waals surface area contributed by atoms with Gasteiger partial charge in [0.25, 0.3) is 5.91 Å². The number of hydrogen-bond acceptors (Lipinski definition) is 4. The number of benzene rings is 2. The molecule has 3 amide bonds. The number of para-hydroxylation sites is 1. The van der Waals surface area contributed by atoms with Gasteiger partial charge in [0.05, 0.1) is 10.7 Å². The average molecular weight is 528 g/mol. The lowest BCUT2D eigenvalue weighted by atomic mass is 9.92. The summed E-state index contributed by atoms with van der Waals surface area (Å²) in [6.07, 6.45) is 1.52. The minimum atomic E-state index is -1.02. The van der Waals surface area contributed by atoms with E-state index < -0.39 is 35.1 Å². The minimum Gasteiger partial charge on any atom is -0.444 e. The van der Waals surface area contributed by atoms with Crippen molar-refractivity contribution in [2.75, 3.05) is 11.9 Å². The van der Waals surface area contributed by atoms with E-state index in [1.54, 1.807) is 45.0 Å². The monoisotopic (exact) mass is 527 g/mol. The fraction of sp³-hybridized carbons (Fsp3) is 0.414. The molecule has 2 aromatic carbocycles. The van der Waals surface area contributed by atoms with Crippen LogP contribution in [0.5, 0.6) is 0 Å². The molecule has 37 heavy (non-hydrogen) atoms. The number of halogens is 1. The predicted molar refractivity (Wildman–Crippen MR) is 150 cm³/mol. The number of alkyl carbamates (subject to hydrolysis) is 1. The predicted octanol–water partition coefficient (Wildman–Crippen LogP) is 6.51. The molecule has 200 valence electrons. The summed E-state index contributed by atoms with van der Waals surface area (Å²) in [5.41, 5.74) is 1.22. The molecule has 2 N–H and O–H groups in total. The molecule has 0 saturated heterocycles. The number of carbonyl (C=O) groups is 3. The first-order valence-corrected chi connectivity index (χ1v) is 12.7. The van der Waals surface area contributed by atoms with Crippen LogP contribution < -0.4 is 10.6 Å². The zero-order valence-corrected chi connectivity index (χ0v) is 23.5. The number of ether oxygens (including phenoxy) is 1. The number of amides is 3. The quantitative estimate of drug-likeness (QED) is 0.389. The van der Waals surface area contributed by atoms with E-state index >= 15 is 0 Å². The van der Waals surface area contributed by atoms with Crippen molar-refractivity contribution in [2.24, 2.45) is 0 Å². The molecule has 1 atom stereocenters. The zero-order chi connectivity index (χ0) is 28.0. The van der Waals surface area contributed by atoms with Gasteiger partial charge in [0.2, 0.25) is 5.91 Å². The summed E-state index contributed by atoms with van der Waals surface area (Å²) in [7, 11) is 0. The van der Waals surface area contributed by atoms with Crippen LogP contribution in [0.1, 0.15) is 70.7 Å². The Kier molecular flexibility index (Phi) is 9.93. The first-order valence-electron chi connectivity index (χ1n) is 12.3. The lowest BCUT2D eigenvalue weighted by Crippen LogP contribution is -2.55. The summed E-state index contributed by atoms with van der Waals surface area (Å²) in [5, 5.41) is 5.86. The summed E-state index contributed by atoms with van der Waals surface area (Å²) < 4.78 is 5.28. The van der Waals surface area contributed by atoms with Crippen molar-refractivity contribution in [3.8, 4) is 0 Å². The number of aryl methyl sites for hydroxylation is 1. The van der Waals surface area contributed by atoms with Gasteiger partial charge in [0.1, 0.15) is 18.2 Å². The molecule has 0 aliphatic heterocycles. The molecule has 0 bridgehead atoms. The number of nitrogens with one attached hydrogen (secondary N) is 2. The second-order valence-electron chi connectivity index (χ2n) is 10.5. The molecule has 0 saturated carbocycles. The second kappa shape index (κ2) is 12.3. The number of carbonyl (C=O) groups excluding carboxylic acids is 3. The van der Waals surface area contributed by atoms with Crippen molar-refractivity contribution < 1.29 is 19.1 Å². The number of nitrogens with zero attached hydrogens (tertiary/aromatic N) is 1. The van der Waals surface area contributed by atoms with Crippen molar-refractivity contribution in [1.29, 1.82) is 0 Å². The number of anilines is 1. The van der Waals surface area contributed by atoms with Crippen LogP contribution in [0.4, 0.5) is 10.5 Å². The van der Waals surface area contributed by atoms with E-state index in [9.17, 15) is 14.4 Å². The third-order valence-corrected chi connectivity index (χ3v) is 6.32. The van der Waals surface area contributed by atoms with Crippen molar-refractivity contribution in [2.45, 2.75) is 72.1 Å². The van der Waals surface area contributed by atoms with Gasteiger partial charge < -0.3 is 20.3 Å². The summed E-state index contributed by atoms with van der Waals surface area (Å²) in [6.45, 7) is 16.3. The molecular weight excluding hydrogens is 490 g/mol. The highest BCUT2D eigenvalue weighted by atomic mass is 35.5. The molecule has 1 unspecified atom stereocenters. The Morgan fingerprint density at radius 2 is 1.76 bits per heavy atom. The van der Waals surface area contributed by atoms with Gasteiger partial charge in [-0.05, 0) is 76.8 Å².